The van der Waals surface area contributed by atoms with Gasteiger partial charge in [-0.15, -0.1) is 0 Å². The minimum Gasteiger partial charge on any atom is -0.489 e. The number of hydrogen-bond acceptors (Lipinski definition) is 4. The fourth-order valence-corrected chi connectivity index (χ4v) is 2.61. The Kier molecular flexibility index (Phi) is 4.99. The van der Waals surface area contributed by atoms with Crippen molar-refractivity contribution in [2.24, 2.45) is 0 Å². The van der Waals surface area contributed by atoms with Crippen LogP contribution in [0.2, 0.25) is 0 Å². The second kappa shape index (κ2) is 7.75. The molecule has 0 aliphatic heterocycles. The van der Waals surface area contributed by atoms with E-state index in [2.05, 4.69) is 10.1 Å². The smallest absolute Gasteiger partial charge is 0.261 e. The van der Waals surface area contributed by atoms with Crippen LogP contribution in [0.25, 0.3) is 22.8 Å². The lowest BCUT2D eigenvalue weighted by Gasteiger charge is -2.07. The summed E-state index contributed by atoms with van der Waals surface area (Å²) in [6, 6.07) is 13.2. The van der Waals surface area contributed by atoms with Crippen LogP contribution in [0.1, 0.15) is 5.56 Å². The van der Waals surface area contributed by atoms with Gasteiger partial charge in [-0.2, -0.15) is 4.98 Å². The third-order valence-electron chi connectivity index (χ3n) is 4.09. The summed E-state index contributed by atoms with van der Waals surface area (Å²) in [6.45, 7) is 0.0623. The highest BCUT2D eigenvalue weighted by Crippen LogP contribution is 2.26. The molecule has 0 aliphatic rings. The van der Waals surface area contributed by atoms with Gasteiger partial charge in [0, 0.05) is 11.6 Å². The molecule has 4 nitrogen and oxygen atoms in total. The first-order valence-electron chi connectivity index (χ1n) is 8.46. The van der Waals surface area contributed by atoms with Crippen LogP contribution in [-0.4, -0.2) is 10.1 Å². The first-order valence-corrected chi connectivity index (χ1v) is 8.46. The van der Waals surface area contributed by atoms with Crippen LogP contribution >= 0.6 is 0 Å². The predicted molar refractivity (Wildman–Crippen MR) is 95.8 cm³/mol. The zero-order valence-electron chi connectivity index (χ0n) is 14.7. The molecular formula is C21H12F4N2O2. The molecule has 4 rings (SSSR count). The van der Waals surface area contributed by atoms with E-state index >= 15 is 0 Å². The highest BCUT2D eigenvalue weighted by atomic mass is 19.2. The Balaban J connectivity index is 1.46. The van der Waals surface area contributed by atoms with E-state index in [1.165, 1.54) is 12.1 Å². The van der Waals surface area contributed by atoms with E-state index in [-0.39, 0.29) is 23.9 Å². The van der Waals surface area contributed by atoms with Gasteiger partial charge in [0.1, 0.15) is 24.0 Å². The van der Waals surface area contributed by atoms with Crippen molar-refractivity contribution < 1.29 is 26.8 Å². The van der Waals surface area contributed by atoms with Gasteiger partial charge < -0.3 is 9.26 Å². The molecule has 0 fully saturated rings. The summed E-state index contributed by atoms with van der Waals surface area (Å²) in [6.07, 6.45) is 0. The Morgan fingerprint density at radius 1 is 0.793 bits per heavy atom. The second-order valence-corrected chi connectivity index (χ2v) is 6.11. The number of ether oxygens (including phenoxy) is 1. The van der Waals surface area contributed by atoms with Crippen molar-refractivity contribution in [2.75, 3.05) is 0 Å². The van der Waals surface area contributed by atoms with Crippen LogP contribution in [0.4, 0.5) is 17.6 Å². The van der Waals surface area contributed by atoms with Crippen molar-refractivity contribution in [3.63, 3.8) is 0 Å². The van der Waals surface area contributed by atoms with E-state index in [0.717, 1.165) is 24.3 Å². The van der Waals surface area contributed by atoms with E-state index in [9.17, 15) is 17.6 Å². The molecule has 29 heavy (non-hydrogen) atoms. The molecule has 0 N–H and O–H groups in total. The van der Waals surface area contributed by atoms with Gasteiger partial charge in [0.15, 0.2) is 11.6 Å². The van der Waals surface area contributed by atoms with Crippen molar-refractivity contribution in [1.82, 2.24) is 10.1 Å². The lowest BCUT2D eigenvalue weighted by molar-refractivity contribution is 0.305. The molecule has 4 aromatic rings. The SMILES string of the molecule is Fc1ccc(-c2nc(-c3ccc(OCc4ccc(F)c(F)c4)cc3)no2)c(F)c1. The predicted octanol–water partition coefficient (Wildman–Crippen LogP) is 5.54. The molecular weight excluding hydrogens is 388 g/mol. The maximum absolute atomic E-state index is 13.8. The fourth-order valence-electron chi connectivity index (χ4n) is 2.61. The molecule has 0 unspecified atom stereocenters. The van der Waals surface area contributed by atoms with E-state index in [0.29, 0.717) is 16.9 Å². The second-order valence-electron chi connectivity index (χ2n) is 6.11. The van der Waals surface area contributed by atoms with Gasteiger partial charge in [-0.05, 0) is 54.1 Å². The molecule has 0 amide bonds. The first kappa shape index (κ1) is 18.7. The Bertz CT molecular complexity index is 1160. The number of hydrogen-bond donors (Lipinski definition) is 0. The van der Waals surface area contributed by atoms with Crippen molar-refractivity contribution >= 4 is 0 Å². The average molecular weight is 400 g/mol. The van der Waals surface area contributed by atoms with Crippen molar-refractivity contribution in [1.29, 1.82) is 0 Å². The molecule has 0 bridgehead atoms. The summed E-state index contributed by atoms with van der Waals surface area (Å²) < 4.78 is 63.6. The zero-order chi connectivity index (χ0) is 20.4. The molecule has 8 heteroatoms. The van der Waals surface area contributed by atoms with E-state index in [1.54, 1.807) is 24.3 Å². The fraction of sp³-hybridized carbons (Fsp3) is 0.0476. The molecule has 0 aliphatic carbocycles. The topological polar surface area (TPSA) is 48.2 Å². The molecule has 0 atom stereocenters. The van der Waals surface area contributed by atoms with Gasteiger partial charge in [-0.1, -0.05) is 11.2 Å². The lowest BCUT2D eigenvalue weighted by atomic mass is 10.2. The van der Waals surface area contributed by atoms with Gasteiger partial charge >= 0.3 is 0 Å². The summed E-state index contributed by atoms with van der Waals surface area (Å²) in [5.74, 6) is -2.73. The Morgan fingerprint density at radius 2 is 1.59 bits per heavy atom. The molecule has 0 saturated heterocycles. The summed E-state index contributed by atoms with van der Waals surface area (Å²) in [5, 5.41) is 3.80. The van der Waals surface area contributed by atoms with Gasteiger partial charge in [0.2, 0.25) is 5.82 Å². The first-order chi connectivity index (χ1) is 14.0. The van der Waals surface area contributed by atoms with Crippen LogP contribution < -0.4 is 4.74 Å². The quantitative estimate of drug-likeness (QED) is 0.413. The van der Waals surface area contributed by atoms with Crippen LogP contribution in [-0.2, 0) is 6.61 Å². The molecule has 0 spiro atoms. The standard InChI is InChI=1S/C21H12F4N2O2/c22-14-4-7-16(18(24)10-14)21-26-20(27-29-21)13-2-5-15(6-3-13)28-11-12-1-8-17(23)19(25)9-12/h1-10H,11H2. The summed E-state index contributed by atoms with van der Waals surface area (Å²) >= 11 is 0. The Morgan fingerprint density at radius 3 is 2.31 bits per heavy atom. The molecule has 1 heterocycles. The van der Waals surface area contributed by atoms with Gasteiger partial charge in [-0.3, -0.25) is 0 Å². The van der Waals surface area contributed by atoms with Crippen LogP contribution in [0.15, 0.2) is 65.2 Å². The van der Waals surface area contributed by atoms with Crippen LogP contribution in [0.5, 0.6) is 5.75 Å². The maximum Gasteiger partial charge on any atom is 0.261 e. The van der Waals surface area contributed by atoms with Crippen LogP contribution in [0, 0.1) is 23.3 Å². The number of nitrogens with zero attached hydrogens (tertiary/aromatic N) is 2. The third kappa shape index (κ3) is 4.11. The van der Waals surface area contributed by atoms with E-state index in [1.807, 2.05) is 0 Å². The summed E-state index contributed by atoms with van der Waals surface area (Å²) in [5.41, 5.74) is 1.07. The minimum absolute atomic E-state index is 0.00312. The lowest BCUT2D eigenvalue weighted by Crippen LogP contribution is -1.97. The highest BCUT2D eigenvalue weighted by Gasteiger charge is 2.15. The molecule has 0 radical (unpaired) electrons. The molecule has 0 saturated carbocycles. The average Bonchev–Trinajstić information content (AvgIpc) is 3.19. The number of benzene rings is 3. The van der Waals surface area contributed by atoms with E-state index in [4.69, 9.17) is 9.26 Å². The molecule has 146 valence electrons. The van der Waals surface area contributed by atoms with Gasteiger partial charge in [-0.25, -0.2) is 17.6 Å². The van der Waals surface area contributed by atoms with E-state index < -0.39 is 23.3 Å². The maximum atomic E-state index is 13.8. The summed E-state index contributed by atoms with van der Waals surface area (Å²) in [4.78, 5) is 4.12. The van der Waals surface area contributed by atoms with Crippen molar-refractivity contribution in [3.05, 3.63) is 89.5 Å². The largest absolute Gasteiger partial charge is 0.489 e. The monoisotopic (exact) mass is 400 g/mol. The number of aromatic nitrogens is 2. The third-order valence-corrected chi connectivity index (χ3v) is 4.09. The van der Waals surface area contributed by atoms with Crippen molar-refractivity contribution in [2.45, 2.75) is 6.61 Å². The van der Waals surface area contributed by atoms with Crippen molar-refractivity contribution in [3.8, 4) is 28.6 Å². The number of halogens is 4. The van der Waals surface area contributed by atoms with Gasteiger partial charge in [0.05, 0.1) is 5.56 Å². The molecule has 1 aromatic heterocycles. The summed E-state index contributed by atoms with van der Waals surface area (Å²) in [7, 11) is 0. The number of rotatable bonds is 5. The normalized spacial score (nSPS) is 10.9. The Labute approximate surface area is 162 Å². The highest BCUT2D eigenvalue weighted by molar-refractivity contribution is 5.60. The minimum atomic E-state index is -0.938. The zero-order valence-corrected chi connectivity index (χ0v) is 14.7. The van der Waals surface area contributed by atoms with Gasteiger partial charge in [0.25, 0.3) is 5.89 Å². The van der Waals surface area contributed by atoms with Crippen LogP contribution in [0.3, 0.4) is 0 Å². The Hall–Kier alpha value is -3.68. The molecule has 3 aromatic carbocycles.